The number of ether oxygens (including phenoxy) is 3. The number of carbonyl (C=O) groups excluding carboxylic acids is 3. The zero-order valence-corrected chi connectivity index (χ0v) is 38.5. The van der Waals surface area contributed by atoms with E-state index in [1.807, 2.05) is 0 Å². The SMILES string of the molecule is CC/C=C\C/C=C\C/C=C\CCCC(=O)OCC(COC(=O)CCCCCCC/C=C\CCCCCCCCCCC)OC(=O)CCCCCCC/C=C\C/C=C\CC. The molecule has 0 saturated heterocycles. The molecular weight excluding hydrogens is 733 g/mol. The molecule has 0 N–H and O–H groups in total. The van der Waals surface area contributed by atoms with Crippen LogP contribution in [0.5, 0.6) is 0 Å². The summed E-state index contributed by atoms with van der Waals surface area (Å²) in [4.78, 5) is 37.8. The Bertz CT molecular complexity index is 1130. The maximum absolute atomic E-state index is 12.7. The first-order valence-corrected chi connectivity index (χ1v) is 24.4. The van der Waals surface area contributed by atoms with E-state index in [9.17, 15) is 14.4 Å². The fraction of sp³-hybridized carbons (Fsp3) is 0.717. The topological polar surface area (TPSA) is 78.9 Å². The molecule has 0 spiro atoms. The summed E-state index contributed by atoms with van der Waals surface area (Å²) in [6.07, 6.45) is 59.0. The van der Waals surface area contributed by atoms with Crippen LogP contribution in [0.15, 0.2) is 72.9 Å². The Morgan fingerprint density at radius 3 is 1.12 bits per heavy atom. The van der Waals surface area contributed by atoms with Gasteiger partial charge in [-0.25, -0.2) is 0 Å². The van der Waals surface area contributed by atoms with Crippen molar-refractivity contribution in [1.29, 1.82) is 0 Å². The molecule has 0 aromatic heterocycles. The fourth-order valence-corrected chi connectivity index (χ4v) is 6.56. The van der Waals surface area contributed by atoms with Crippen LogP contribution in [0.3, 0.4) is 0 Å². The van der Waals surface area contributed by atoms with Crippen LogP contribution in [0, 0.1) is 0 Å². The highest BCUT2D eigenvalue weighted by molar-refractivity contribution is 5.71. The minimum atomic E-state index is -0.804. The van der Waals surface area contributed by atoms with Gasteiger partial charge >= 0.3 is 17.9 Å². The number of hydrogen-bond donors (Lipinski definition) is 0. The van der Waals surface area contributed by atoms with Gasteiger partial charge in [0.25, 0.3) is 0 Å². The molecule has 0 radical (unpaired) electrons. The van der Waals surface area contributed by atoms with Crippen molar-refractivity contribution in [2.45, 2.75) is 232 Å². The van der Waals surface area contributed by atoms with Gasteiger partial charge in [0, 0.05) is 19.3 Å². The van der Waals surface area contributed by atoms with E-state index in [0.717, 1.165) is 103 Å². The molecule has 1 atom stereocenters. The van der Waals surface area contributed by atoms with Gasteiger partial charge in [-0.3, -0.25) is 14.4 Å². The quantitative estimate of drug-likeness (QED) is 0.0264. The van der Waals surface area contributed by atoms with E-state index in [1.165, 1.54) is 77.0 Å². The predicted octanol–water partition coefficient (Wildman–Crippen LogP) is 15.9. The molecule has 0 aliphatic heterocycles. The molecule has 0 fully saturated rings. The first kappa shape index (κ1) is 55.9. The highest BCUT2D eigenvalue weighted by atomic mass is 16.6. The van der Waals surface area contributed by atoms with Crippen LogP contribution < -0.4 is 0 Å². The van der Waals surface area contributed by atoms with Gasteiger partial charge in [-0.05, 0) is 96.3 Å². The number of hydrogen-bond acceptors (Lipinski definition) is 6. The zero-order chi connectivity index (χ0) is 43.0. The summed E-state index contributed by atoms with van der Waals surface area (Å²) in [5.74, 6) is -0.984. The molecule has 338 valence electrons. The Kier molecular flexibility index (Phi) is 45.0. The smallest absolute Gasteiger partial charge is 0.306 e. The summed E-state index contributed by atoms with van der Waals surface area (Å²) in [7, 11) is 0. The molecule has 0 heterocycles. The number of esters is 3. The van der Waals surface area contributed by atoms with Crippen molar-refractivity contribution in [2.75, 3.05) is 13.2 Å². The Labute approximate surface area is 363 Å². The molecule has 0 aliphatic carbocycles. The number of allylic oxidation sites excluding steroid dienone is 12. The highest BCUT2D eigenvalue weighted by Crippen LogP contribution is 2.13. The normalized spacial score (nSPS) is 12.7. The summed E-state index contributed by atoms with van der Waals surface area (Å²) in [5.41, 5.74) is 0. The van der Waals surface area contributed by atoms with Gasteiger partial charge in [-0.1, -0.05) is 184 Å². The number of carbonyl (C=O) groups is 3. The Morgan fingerprint density at radius 2 is 0.678 bits per heavy atom. The van der Waals surface area contributed by atoms with E-state index in [4.69, 9.17) is 14.2 Å². The third-order valence-corrected chi connectivity index (χ3v) is 10.2. The van der Waals surface area contributed by atoms with Gasteiger partial charge in [-0.15, -0.1) is 0 Å². The van der Waals surface area contributed by atoms with Crippen LogP contribution in [-0.4, -0.2) is 37.2 Å². The lowest BCUT2D eigenvalue weighted by Gasteiger charge is -2.18. The van der Waals surface area contributed by atoms with Crippen molar-refractivity contribution < 1.29 is 28.6 Å². The molecule has 0 aromatic rings. The van der Waals surface area contributed by atoms with E-state index in [1.54, 1.807) is 0 Å². The first-order valence-electron chi connectivity index (χ1n) is 24.4. The van der Waals surface area contributed by atoms with Crippen molar-refractivity contribution in [2.24, 2.45) is 0 Å². The predicted molar refractivity (Wildman–Crippen MR) is 251 cm³/mol. The largest absolute Gasteiger partial charge is 0.462 e. The van der Waals surface area contributed by atoms with E-state index < -0.39 is 6.10 Å². The van der Waals surface area contributed by atoms with Crippen molar-refractivity contribution >= 4 is 17.9 Å². The Balaban J connectivity index is 4.40. The average Bonchev–Trinajstić information content (AvgIpc) is 3.23. The van der Waals surface area contributed by atoms with Gasteiger partial charge in [0.15, 0.2) is 6.10 Å². The van der Waals surface area contributed by atoms with Crippen LogP contribution in [0.4, 0.5) is 0 Å². The first-order chi connectivity index (χ1) is 29.0. The molecule has 0 aromatic carbocycles. The summed E-state index contributed by atoms with van der Waals surface area (Å²) in [6, 6.07) is 0. The fourth-order valence-electron chi connectivity index (χ4n) is 6.56. The maximum atomic E-state index is 12.7. The number of rotatable bonds is 43. The van der Waals surface area contributed by atoms with Crippen molar-refractivity contribution in [3.63, 3.8) is 0 Å². The third-order valence-electron chi connectivity index (χ3n) is 10.2. The van der Waals surface area contributed by atoms with Gasteiger partial charge in [0.05, 0.1) is 0 Å². The van der Waals surface area contributed by atoms with Crippen LogP contribution in [0.1, 0.15) is 226 Å². The zero-order valence-electron chi connectivity index (χ0n) is 38.5. The summed E-state index contributed by atoms with van der Waals surface area (Å²) in [6.45, 7) is 6.33. The Morgan fingerprint density at radius 1 is 0.356 bits per heavy atom. The summed E-state index contributed by atoms with van der Waals surface area (Å²) >= 11 is 0. The van der Waals surface area contributed by atoms with Crippen LogP contribution in [0.25, 0.3) is 0 Å². The van der Waals surface area contributed by atoms with Crippen LogP contribution >= 0.6 is 0 Å². The van der Waals surface area contributed by atoms with E-state index in [0.29, 0.717) is 19.3 Å². The molecule has 0 saturated carbocycles. The van der Waals surface area contributed by atoms with Gasteiger partial charge in [0.1, 0.15) is 13.2 Å². The lowest BCUT2D eigenvalue weighted by atomic mass is 10.1. The molecule has 6 nitrogen and oxygen atoms in total. The number of unbranched alkanes of at least 4 members (excludes halogenated alkanes) is 20. The highest BCUT2D eigenvalue weighted by Gasteiger charge is 2.19. The monoisotopic (exact) mass is 823 g/mol. The molecule has 59 heavy (non-hydrogen) atoms. The molecular formula is C53H90O6. The van der Waals surface area contributed by atoms with Crippen LogP contribution in [-0.2, 0) is 28.6 Å². The second-order valence-electron chi connectivity index (χ2n) is 16.0. The molecule has 0 rings (SSSR count). The standard InChI is InChI=1S/C53H90O6/c1-4-7-10-13-16-19-22-24-25-26-27-28-29-32-34-37-40-43-46-52(55)58-49-50(48-57-51(54)45-42-39-36-33-30-21-18-15-12-9-6-3)59-53(56)47-44-41-38-35-31-23-20-17-14-11-8-5-2/h8-9,11-12,17-18,20-21,27-28,33,36,50H,4-7,10,13-16,19,22-26,29-32,34-35,37-49H2,1-3H3/b11-8-,12-9-,20-17-,21-18-,28-27-,36-33-. The molecule has 0 bridgehead atoms. The average molecular weight is 823 g/mol. The van der Waals surface area contributed by atoms with Crippen molar-refractivity contribution in [3.05, 3.63) is 72.9 Å². The van der Waals surface area contributed by atoms with Gasteiger partial charge in [0.2, 0.25) is 0 Å². The van der Waals surface area contributed by atoms with E-state index >= 15 is 0 Å². The van der Waals surface area contributed by atoms with Gasteiger partial charge in [-0.2, -0.15) is 0 Å². The van der Waals surface area contributed by atoms with Crippen molar-refractivity contribution in [1.82, 2.24) is 0 Å². The molecule has 1 unspecified atom stereocenters. The van der Waals surface area contributed by atoms with E-state index in [-0.39, 0.29) is 37.5 Å². The minimum absolute atomic E-state index is 0.102. The van der Waals surface area contributed by atoms with E-state index in [2.05, 4.69) is 93.7 Å². The third kappa shape index (κ3) is 45.8. The second kappa shape index (κ2) is 47.5. The maximum Gasteiger partial charge on any atom is 0.306 e. The van der Waals surface area contributed by atoms with Crippen LogP contribution in [0.2, 0.25) is 0 Å². The Hall–Kier alpha value is -3.15. The molecule has 0 aliphatic rings. The lowest BCUT2D eigenvalue weighted by Crippen LogP contribution is -2.30. The molecule has 6 heteroatoms. The van der Waals surface area contributed by atoms with Gasteiger partial charge < -0.3 is 14.2 Å². The summed E-state index contributed by atoms with van der Waals surface area (Å²) in [5, 5.41) is 0. The lowest BCUT2D eigenvalue weighted by molar-refractivity contribution is -0.167. The van der Waals surface area contributed by atoms with Crippen molar-refractivity contribution in [3.8, 4) is 0 Å². The minimum Gasteiger partial charge on any atom is -0.462 e. The summed E-state index contributed by atoms with van der Waals surface area (Å²) < 4.78 is 16.7. The second-order valence-corrected chi connectivity index (χ2v) is 16.0. The molecule has 0 amide bonds.